The van der Waals surface area contributed by atoms with Crippen LogP contribution in [-0.2, 0) is 4.79 Å². The van der Waals surface area contributed by atoms with Gasteiger partial charge in [0.1, 0.15) is 5.75 Å². The Bertz CT molecular complexity index is 416. The number of ether oxygens (including phenoxy) is 1. The number of aryl methyl sites for hydroxylation is 1. The lowest BCUT2D eigenvalue weighted by Gasteiger charge is -2.18. The lowest BCUT2D eigenvalue weighted by atomic mass is 10.1. The number of rotatable bonds is 5. The van der Waals surface area contributed by atoms with Crippen LogP contribution in [0.4, 0.5) is 0 Å². The van der Waals surface area contributed by atoms with Gasteiger partial charge in [0.15, 0.2) is 6.10 Å². The molecular weight excluding hydrogens is 230 g/mol. The van der Waals surface area contributed by atoms with Crippen molar-refractivity contribution in [1.29, 1.82) is 0 Å². The molecule has 1 amide bonds. The third kappa shape index (κ3) is 3.74. The Morgan fingerprint density at radius 2 is 2.11 bits per heavy atom. The van der Waals surface area contributed by atoms with Crippen molar-refractivity contribution in [2.24, 2.45) is 0 Å². The van der Waals surface area contributed by atoms with Crippen molar-refractivity contribution in [3.8, 4) is 5.75 Å². The van der Waals surface area contributed by atoms with Crippen LogP contribution in [0.3, 0.4) is 0 Å². The average molecular weight is 251 g/mol. The van der Waals surface area contributed by atoms with E-state index in [0.29, 0.717) is 17.9 Å². The normalized spacial score (nSPS) is 13.8. The number of aliphatic hydroxyl groups is 1. The summed E-state index contributed by atoms with van der Waals surface area (Å²) in [7, 11) is 0. The first-order valence-corrected chi connectivity index (χ1v) is 6.18. The molecule has 0 bridgehead atoms. The van der Waals surface area contributed by atoms with Crippen LogP contribution in [0.5, 0.6) is 5.75 Å². The van der Waals surface area contributed by atoms with Crippen LogP contribution >= 0.6 is 0 Å². The van der Waals surface area contributed by atoms with Gasteiger partial charge in [0.2, 0.25) is 0 Å². The highest BCUT2D eigenvalue weighted by Gasteiger charge is 2.17. The number of nitrogens with one attached hydrogen (secondary N) is 1. The fourth-order valence-electron chi connectivity index (χ4n) is 1.66. The van der Waals surface area contributed by atoms with Gasteiger partial charge in [-0.1, -0.05) is 11.6 Å². The van der Waals surface area contributed by atoms with E-state index in [2.05, 4.69) is 5.32 Å². The second-order valence-electron chi connectivity index (χ2n) is 4.37. The fraction of sp³-hybridized carbons (Fsp3) is 0.500. The molecule has 0 heterocycles. The van der Waals surface area contributed by atoms with Gasteiger partial charge in [-0.05, 0) is 39.8 Å². The van der Waals surface area contributed by atoms with E-state index in [-0.39, 0.29) is 5.91 Å². The molecule has 1 aromatic rings. The molecule has 4 nitrogen and oxygen atoms in total. The number of carbonyl (C=O) groups is 1. The third-order valence-electron chi connectivity index (χ3n) is 2.64. The minimum absolute atomic E-state index is 0.158. The minimum Gasteiger partial charge on any atom is -0.481 e. The molecule has 0 saturated carbocycles. The lowest BCUT2D eigenvalue weighted by molar-refractivity contribution is -0.127. The third-order valence-corrected chi connectivity index (χ3v) is 2.64. The summed E-state index contributed by atoms with van der Waals surface area (Å²) in [6.45, 7) is 7.75. The highest BCUT2D eigenvalue weighted by Crippen LogP contribution is 2.27. The summed E-state index contributed by atoms with van der Waals surface area (Å²) in [6, 6.07) is 5.54. The number of benzene rings is 1. The Kier molecular flexibility index (Phi) is 5.16. The SMILES string of the molecule is CCNC(=O)C(C)Oc1ccc(C)cc1[C@H](C)O. The van der Waals surface area contributed by atoms with Gasteiger partial charge in [0.05, 0.1) is 6.10 Å². The summed E-state index contributed by atoms with van der Waals surface area (Å²) in [5.41, 5.74) is 1.75. The molecule has 0 aliphatic heterocycles. The standard InChI is InChI=1S/C14H21NO3/c1-5-15-14(17)11(4)18-13-7-6-9(2)8-12(13)10(3)16/h6-8,10-11,16H,5H2,1-4H3,(H,15,17)/t10-,11?/m0/s1. The number of amides is 1. The average Bonchev–Trinajstić information content (AvgIpc) is 2.31. The molecule has 0 aliphatic rings. The van der Waals surface area contributed by atoms with Crippen molar-refractivity contribution < 1.29 is 14.6 Å². The van der Waals surface area contributed by atoms with Crippen LogP contribution in [0.2, 0.25) is 0 Å². The summed E-state index contributed by atoms with van der Waals surface area (Å²) in [6.07, 6.45) is -1.20. The van der Waals surface area contributed by atoms with Gasteiger partial charge in [0, 0.05) is 12.1 Å². The molecule has 0 saturated heterocycles. The Morgan fingerprint density at radius 3 is 2.67 bits per heavy atom. The molecule has 1 unspecified atom stereocenters. The quantitative estimate of drug-likeness (QED) is 0.841. The molecule has 0 aromatic heterocycles. The molecule has 100 valence electrons. The molecular formula is C14H21NO3. The van der Waals surface area contributed by atoms with E-state index in [1.165, 1.54) is 0 Å². The first kappa shape index (κ1) is 14.5. The van der Waals surface area contributed by atoms with Gasteiger partial charge < -0.3 is 15.2 Å². The Balaban J connectivity index is 2.87. The van der Waals surface area contributed by atoms with Crippen LogP contribution in [0.1, 0.15) is 38.0 Å². The predicted octanol–water partition coefficient (Wildman–Crippen LogP) is 1.95. The molecule has 0 aliphatic carbocycles. The topological polar surface area (TPSA) is 58.6 Å². The zero-order chi connectivity index (χ0) is 13.7. The minimum atomic E-state index is -0.624. The molecule has 2 atom stereocenters. The van der Waals surface area contributed by atoms with Gasteiger partial charge in [-0.3, -0.25) is 4.79 Å². The second-order valence-corrected chi connectivity index (χ2v) is 4.37. The molecule has 0 fully saturated rings. The maximum atomic E-state index is 11.6. The highest BCUT2D eigenvalue weighted by atomic mass is 16.5. The van der Waals surface area contributed by atoms with Gasteiger partial charge in [-0.25, -0.2) is 0 Å². The molecule has 0 radical (unpaired) electrons. The second kappa shape index (κ2) is 6.40. The predicted molar refractivity (Wildman–Crippen MR) is 70.6 cm³/mol. The number of carbonyl (C=O) groups excluding carboxylic acids is 1. The molecule has 18 heavy (non-hydrogen) atoms. The van der Waals surface area contributed by atoms with Crippen molar-refractivity contribution in [2.75, 3.05) is 6.54 Å². The van der Waals surface area contributed by atoms with Crippen molar-refractivity contribution in [3.63, 3.8) is 0 Å². The number of hydrogen-bond donors (Lipinski definition) is 2. The molecule has 0 spiro atoms. The largest absolute Gasteiger partial charge is 0.481 e. The summed E-state index contributed by atoms with van der Waals surface area (Å²) in [5.74, 6) is 0.393. The molecule has 1 aromatic carbocycles. The number of likely N-dealkylation sites (N-methyl/N-ethyl adjacent to an activating group) is 1. The first-order chi connectivity index (χ1) is 8.45. The van der Waals surface area contributed by atoms with Crippen LogP contribution in [-0.4, -0.2) is 23.7 Å². The van der Waals surface area contributed by atoms with Crippen molar-refractivity contribution >= 4 is 5.91 Å². The van der Waals surface area contributed by atoms with Gasteiger partial charge in [-0.2, -0.15) is 0 Å². The van der Waals surface area contributed by atoms with Crippen molar-refractivity contribution in [2.45, 2.75) is 39.9 Å². The van der Waals surface area contributed by atoms with Crippen molar-refractivity contribution in [1.82, 2.24) is 5.32 Å². The van der Waals surface area contributed by atoms with Crippen molar-refractivity contribution in [3.05, 3.63) is 29.3 Å². The maximum Gasteiger partial charge on any atom is 0.260 e. The molecule has 1 rings (SSSR count). The summed E-state index contributed by atoms with van der Waals surface area (Å²) < 4.78 is 5.60. The van der Waals surface area contributed by atoms with E-state index >= 15 is 0 Å². The van der Waals surface area contributed by atoms with E-state index in [9.17, 15) is 9.90 Å². The summed E-state index contributed by atoms with van der Waals surface area (Å²) in [4.78, 5) is 11.6. The lowest BCUT2D eigenvalue weighted by Crippen LogP contribution is -2.36. The zero-order valence-electron chi connectivity index (χ0n) is 11.4. The first-order valence-electron chi connectivity index (χ1n) is 6.18. The van der Waals surface area contributed by atoms with Gasteiger partial charge >= 0.3 is 0 Å². The molecule has 2 N–H and O–H groups in total. The summed E-state index contributed by atoms with van der Waals surface area (Å²) in [5, 5.41) is 12.4. The fourth-order valence-corrected chi connectivity index (χ4v) is 1.66. The zero-order valence-corrected chi connectivity index (χ0v) is 11.4. The Labute approximate surface area is 108 Å². The van der Waals surface area contributed by atoms with E-state index in [1.54, 1.807) is 19.9 Å². The number of hydrogen-bond acceptors (Lipinski definition) is 3. The van der Waals surface area contributed by atoms with Crippen LogP contribution < -0.4 is 10.1 Å². The molecule has 4 heteroatoms. The van der Waals surface area contributed by atoms with E-state index < -0.39 is 12.2 Å². The maximum absolute atomic E-state index is 11.6. The smallest absolute Gasteiger partial charge is 0.260 e. The number of aliphatic hydroxyl groups excluding tert-OH is 1. The monoisotopic (exact) mass is 251 g/mol. The Hall–Kier alpha value is -1.55. The van der Waals surface area contributed by atoms with E-state index in [4.69, 9.17) is 4.74 Å². The van der Waals surface area contributed by atoms with Crippen LogP contribution in [0.15, 0.2) is 18.2 Å². The van der Waals surface area contributed by atoms with Gasteiger partial charge in [0.25, 0.3) is 5.91 Å². The Morgan fingerprint density at radius 1 is 1.44 bits per heavy atom. The van der Waals surface area contributed by atoms with E-state index in [1.807, 2.05) is 26.0 Å². The highest BCUT2D eigenvalue weighted by molar-refractivity contribution is 5.80. The van der Waals surface area contributed by atoms with Gasteiger partial charge in [-0.15, -0.1) is 0 Å². The van der Waals surface area contributed by atoms with Crippen LogP contribution in [0.25, 0.3) is 0 Å². The van der Waals surface area contributed by atoms with Crippen LogP contribution in [0, 0.1) is 6.92 Å². The summed E-state index contributed by atoms with van der Waals surface area (Å²) >= 11 is 0. The van der Waals surface area contributed by atoms with E-state index in [0.717, 1.165) is 5.56 Å².